The number of carbonyl (C=O) groups excluding carboxylic acids is 2. The Bertz CT molecular complexity index is 1040. The van der Waals surface area contributed by atoms with Crippen LogP contribution in [0.25, 0.3) is 0 Å². The summed E-state index contributed by atoms with van der Waals surface area (Å²) < 4.78 is 9.60. The number of ketones is 1. The van der Waals surface area contributed by atoms with Gasteiger partial charge >= 0.3 is 11.7 Å². The third-order valence-electron chi connectivity index (χ3n) is 5.67. The molecule has 0 radical (unpaired) electrons. The van der Waals surface area contributed by atoms with Gasteiger partial charge in [-0.3, -0.25) is 10.1 Å². The number of nitrogens with one attached hydrogen (secondary N) is 1. The Hall–Kier alpha value is -3.35. The van der Waals surface area contributed by atoms with Crippen LogP contribution in [0.1, 0.15) is 93.0 Å². The van der Waals surface area contributed by atoms with Crippen molar-refractivity contribution < 1.29 is 23.8 Å². The average Bonchev–Trinajstić information content (AvgIpc) is 2.84. The van der Waals surface area contributed by atoms with Gasteiger partial charge < -0.3 is 14.3 Å². The lowest BCUT2D eigenvalue weighted by Crippen LogP contribution is -2.19. The van der Waals surface area contributed by atoms with Gasteiger partial charge in [0.15, 0.2) is 5.78 Å². The molecule has 1 unspecified atom stereocenters. The van der Waals surface area contributed by atoms with Crippen molar-refractivity contribution in [3.8, 4) is 5.75 Å². The Kier molecular flexibility index (Phi) is 13.9. The maximum atomic E-state index is 12.0. The molecule has 0 saturated heterocycles. The molecule has 198 valence electrons. The van der Waals surface area contributed by atoms with Crippen molar-refractivity contribution in [3.63, 3.8) is 0 Å². The topological polar surface area (TPSA) is 106 Å². The molecule has 1 amide bonds. The maximum Gasteiger partial charge on any atom is 0.410 e. The van der Waals surface area contributed by atoms with Gasteiger partial charge in [0, 0.05) is 24.1 Å². The molecule has 0 fully saturated rings. The van der Waals surface area contributed by atoms with Gasteiger partial charge in [-0.2, -0.15) is 0 Å². The lowest BCUT2D eigenvalue weighted by molar-refractivity contribution is 0.0931. The first-order chi connectivity index (χ1) is 17.1. The van der Waals surface area contributed by atoms with Crippen molar-refractivity contribution in [2.75, 3.05) is 7.11 Å². The molecule has 7 nitrogen and oxygen atoms in total. The summed E-state index contributed by atoms with van der Waals surface area (Å²) in [6.45, 7) is 9.51. The molecule has 0 aliphatic heterocycles. The van der Waals surface area contributed by atoms with Crippen LogP contribution < -0.4 is 10.9 Å². The van der Waals surface area contributed by atoms with Crippen molar-refractivity contribution >= 4 is 11.9 Å². The lowest BCUT2D eigenvalue weighted by Gasteiger charge is -2.11. The quantitative estimate of drug-likeness (QED) is 0.264. The van der Waals surface area contributed by atoms with E-state index in [4.69, 9.17) is 4.42 Å². The van der Waals surface area contributed by atoms with Gasteiger partial charge in [0.25, 0.3) is 0 Å². The molecule has 0 aliphatic carbocycles. The maximum absolute atomic E-state index is 12.0. The van der Waals surface area contributed by atoms with Crippen molar-refractivity contribution in [1.29, 1.82) is 0 Å². The highest BCUT2D eigenvalue weighted by molar-refractivity contribution is 5.99. The van der Waals surface area contributed by atoms with Crippen LogP contribution in [0.5, 0.6) is 5.75 Å². The number of alkyl carbamates (subject to hydrolysis) is 1. The summed E-state index contributed by atoms with van der Waals surface area (Å²) >= 11 is 0. The van der Waals surface area contributed by atoms with Gasteiger partial charge in [0.1, 0.15) is 17.1 Å². The molecule has 7 heteroatoms. The first-order valence-electron chi connectivity index (χ1n) is 12.6. The number of hydrogen-bond acceptors (Lipinski definition) is 6. The largest absolute Gasteiger partial charge is 0.507 e. The molecule has 0 spiro atoms. The molecular weight excluding hydrogens is 458 g/mol. The monoisotopic (exact) mass is 499 g/mol. The molecule has 36 heavy (non-hydrogen) atoms. The molecule has 1 aromatic carbocycles. The second-order valence-electron chi connectivity index (χ2n) is 9.17. The summed E-state index contributed by atoms with van der Waals surface area (Å²) in [5.74, 6) is -1.04. The first-order valence-corrected chi connectivity index (χ1v) is 12.6. The Morgan fingerprint density at radius 2 is 1.81 bits per heavy atom. The van der Waals surface area contributed by atoms with Crippen molar-refractivity contribution in [2.45, 2.75) is 79.1 Å². The highest BCUT2D eigenvalue weighted by atomic mass is 16.5. The third-order valence-corrected chi connectivity index (χ3v) is 5.67. The number of methoxy groups -OCH3 is 1. The van der Waals surface area contributed by atoms with Gasteiger partial charge in [-0.15, -0.1) is 0 Å². The second-order valence-corrected chi connectivity index (χ2v) is 9.17. The number of hydrogen-bond donors (Lipinski definition) is 2. The minimum absolute atomic E-state index is 0.144. The third kappa shape index (κ3) is 10.9. The van der Waals surface area contributed by atoms with Crippen LogP contribution in [0.15, 0.2) is 51.8 Å². The lowest BCUT2D eigenvalue weighted by atomic mass is 9.99. The van der Waals surface area contributed by atoms with Crippen LogP contribution in [-0.2, 0) is 11.2 Å². The van der Waals surface area contributed by atoms with Crippen LogP contribution in [0.4, 0.5) is 4.79 Å². The standard InChI is InChI=1S/C17H23NO6.C12H18/c1-10(2)15(20)14-12(19)9-13(24-16(14)21)11(3)7-5-6-8-18-17(22)23-4;1-3-4-5-6-12-9-7-11(2)8-10-12/h6,8-11,19H,5,7H2,1-4H3,(H,18,22);7-10H,3-6H2,1-2H3/b8-6+;. The number of carbonyl (C=O) groups is 2. The molecule has 1 atom stereocenters. The molecule has 0 saturated carbocycles. The van der Waals surface area contributed by atoms with E-state index in [2.05, 4.69) is 48.2 Å². The molecule has 2 N–H and O–H groups in total. The van der Waals surface area contributed by atoms with E-state index in [0.29, 0.717) is 18.6 Å². The van der Waals surface area contributed by atoms with E-state index in [9.17, 15) is 19.5 Å². The average molecular weight is 500 g/mol. The molecule has 1 aromatic heterocycles. The smallest absolute Gasteiger partial charge is 0.410 e. The predicted molar refractivity (Wildman–Crippen MR) is 143 cm³/mol. The minimum Gasteiger partial charge on any atom is -0.507 e. The molecule has 1 heterocycles. The number of rotatable bonds is 11. The van der Waals surface area contributed by atoms with Crippen LogP contribution in [-0.4, -0.2) is 24.1 Å². The Labute approximate surface area is 214 Å². The SMILES string of the molecule is CCCCCc1ccc(C)cc1.COC(=O)N/C=C/CCC(C)c1cc(O)c(C(=O)C(C)C)c(=O)o1. The summed E-state index contributed by atoms with van der Waals surface area (Å²) in [6.07, 6.45) is 9.13. The number of benzene rings is 1. The number of ether oxygens (including phenoxy) is 1. The van der Waals surface area contributed by atoms with Gasteiger partial charge in [-0.05, 0) is 38.2 Å². The number of aromatic hydroxyl groups is 1. The minimum atomic E-state index is -0.821. The molecule has 2 aromatic rings. The number of allylic oxidation sites excluding steroid dienone is 1. The van der Waals surface area contributed by atoms with Crippen LogP contribution >= 0.6 is 0 Å². The Balaban J connectivity index is 0.000000450. The summed E-state index contributed by atoms with van der Waals surface area (Å²) in [7, 11) is 1.27. The highest BCUT2D eigenvalue weighted by Crippen LogP contribution is 2.25. The summed E-state index contributed by atoms with van der Waals surface area (Å²) in [4.78, 5) is 34.7. The number of unbranched alkanes of at least 4 members (excludes halogenated alkanes) is 2. The van der Waals surface area contributed by atoms with E-state index in [0.717, 1.165) is 0 Å². The zero-order valence-corrected chi connectivity index (χ0v) is 22.4. The summed E-state index contributed by atoms with van der Waals surface area (Å²) in [5.41, 5.74) is 1.71. The van der Waals surface area contributed by atoms with Crippen LogP contribution in [0, 0.1) is 12.8 Å². The predicted octanol–water partition coefficient (Wildman–Crippen LogP) is 6.67. The van der Waals surface area contributed by atoms with E-state index in [1.165, 1.54) is 56.2 Å². The van der Waals surface area contributed by atoms with Crippen molar-refractivity contribution in [2.24, 2.45) is 5.92 Å². The van der Waals surface area contributed by atoms with Crippen molar-refractivity contribution in [1.82, 2.24) is 5.32 Å². The van der Waals surface area contributed by atoms with E-state index >= 15 is 0 Å². The number of amides is 1. The van der Waals surface area contributed by atoms with E-state index in [1.807, 2.05) is 6.92 Å². The fraction of sp³-hybridized carbons (Fsp3) is 0.483. The molecule has 0 aliphatic rings. The highest BCUT2D eigenvalue weighted by Gasteiger charge is 2.22. The Morgan fingerprint density at radius 1 is 1.14 bits per heavy atom. The number of aryl methyl sites for hydroxylation is 2. The fourth-order valence-corrected chi connectivity index (χ4v) is 3.35. The van der Waals surface area contributed by atoms with Gasteiger partial charge in [0.05, 0.1) is 7.11 Å². The van der Waals surface area contributed by atoms with Gasteiger partial charge in [-0.1, -0.05) is 76.4 Å². The fourth-order valence-electron chi connectivity index (χ4n) is 3.35. The Morgan fingerprint density at radius 3 is 2.36 bits per heavy atom. The van der Waals surface area contributed by atoms with Crippen molar-refractivity contribution in [3.05, 3.63) is 75.5 Å². The molecule has 2 rings (SSSR count). The van der Waals surface area contributed by atoms with E-state index in [1.54, 1.807) is 19.9 Å². The molecular formula is C29H41NO6. The zero-order valence-electron chi connectivity index (χ0n) is 22.4. The first kappa shape index (κ1) is 30.7. The number of Topliss-reactive ketones (excluding diaryl/α,β-unsaturated/α-hetero) is 1. The van der Waals surface area contributed by atoms with E-state index < -0.39 is 23.4 Å². The van der Waals surface area contributed by atoms with Gasteiger partial charge in [0.2, 0.25) is 0 Å². The second kappa shape index (κ2) is 16.3. The van der Waals surface area contributed by atoms with Crippen LogP contribution in [0.3, 0.4) is 0 Å². The van der Waals surface area contributed by atoms with E-state index in [-0.39, 0.29) is 17.2 Å². The molecule has 0 bridgehead atoms. The van der Waals surface area contributed by atoms with Gasteiger partial charge in [-0.25, -0.2) is 9.59 Å². The zero-order chi connectivity index (χ0) is 27.1. The summed E-state index contributed by atoms with van der Waals surface area (Å²) in [6, 6.07) is 10.2. The van der Waals surface area contributed by atoms with Crippen LogP contribution in [0.2, 0.25) is 0 Å². The summed E-state index contributed by atoms with van der Waals surface area (Å²) in [5, 5.41) is 12.4. The normalized spacial score (nSPS) is 11.6.